The smallest absolute Gasteiger partial charge is 0.219 e. The standard InChI is InChI=1S/C10H16BrN5O/c1-2-4-13-9-8(11)10(16-6-15-9)14-5-3-7(12)17/h6H,2-5H2,1H3,(H2,12,17)(H2,13,14,15,16). The van der Waals surface area contributed by atoms with Crippen molar-refractivity contribution in [3.63, 3.8) is 0 Å². The Labute approximate surface area is 109 Å². The Morgan fingerprint density at radius 1 is 1.35 bits per heavy atom. The maximum absolute atomic E-state index is 10.6. The molecular formula is C10H16BrN5O. The molecule has 6 nitrogen and oxygen atoms in total. The van der Waals surface area contributed by atoms with Crippen molar-refractivity contribution >= 4 is 33.5 Å². The molecule has 4 N–H and O–H groups in total. The Morgan fingerprint density at radius 3 is 2.47 bits per heavy atom. The minimum absolute atomic E-state index is 0.272. The number of amides is 1. The molecule has 1 aromatic rings. The molecule has 1 rings (SSSR count). The monoisotopic (exact) mass is 301 g/mol. The first-order valence-corrected chi connectivity index (χ1v) is 6.21. The number of nitrogens with two attached hydrogens (primary N) is 1. The lowest BCUT2D eigenvalue weighted by Gasteiger charge is -2.10. The number of anilines is 2. The average molecular weight is 302 g/mol. The van der Waals surface area contributed by atoms with Gasteiger partial charge in [-0.2, -0.15) is 0 Å². The maximum atomic E-state index is 10.6. The van der Waals surface area contributed by atoms with Crippen LogP contribution in [0, 0.1) is 0 Å². The summed E-state index contributed by atoms with van der Waals surface area (Å²) in [5.41, 5.74) is 5.05. The summed E-state index contributed by atoms with van der Waals surface area (Å²) >= 11 is 3.41. The van der Waals surface area contributed by atoms with Gasteiger partial charge in [-0.15, -0.1) is 0 Å². The van der Waals surface area contributed by atoms with Gasteiger partial charge in [-0.05, 0) is 22.4 Å². The third kappa shape index (κ3) is 4.56. The fourth-order valence-electron chi connectivity index (χ4n) is 1.16. The lowest BCUT2D eigenvalue weighted by atomic mass is 10.4. The molecule has 1 aromatic heterocycles. The summed E-state index contributed by atoms with van der Waals surface area (Å²) in [6.45, 7) is 3.38. The number of nitrogens with zero attached hydrogens (tertiary/aromatic N) is 2. The third-order valence-electron chi connectivity index (χ3n) is 2.00. The Morgan fingerprint density at radius 2 is 1.94 bits per heavy atom. The van der Waals surface area contributed by atoms with E-state index in [2.05, 4.69) is 43.5 Å². The van der Waals surface area contributed by atoms with Crippen molar-refractivity contribution in [2.75, 3.05) is 23.7 Å². The van der Waals surface area contributed by atoms with Crippen LogP contribution in [0.5, 0.6) is 0 Å². The van der Waals surface area contributed by atoms with E-state index in [4.69, 9.17) is 5.73 Å². The molecule has 0 aliphatic carbocycles. The second-order valence-electron chi connectivity index (χ2n) is 3.45. The van der Waals surface area contributed by atoms with Gasteiger partial charge in [0, 0.05) is 19.5 Å². The Hall–Kier alpha value is -1.37. The molecule has 0 unspecified atom stereocenters. The van der Waals surface area contributed by atoms with Crippen LogP contribution < -0.4 is 16.4 Å². The second-order valence-corrected chi connectivity index (χ2v) is 4.25. The molecule has 0 saturated heterocycles. The van der Waals surface area contributed by atoms with Crippen molar-refractivity contribution in [1.29, 1.82) is 0 Å². The summed E-state index contributed by atoms with van der Waals surface area (Å²) in [5.74, 6) is 1.05. The number of carbonyl (C=O) groups excluding carboxylic acids is 1. The van der Waals surface area contributed by atoms with Crippen molar-refractivity contribution < 1.29 is 4.79 Å². The molecule has 0 radical (unpaired) electrons. The molecular weight excluding hydrogens is 286 g/mol. The lowest BCUT2D eigenvalue weighted by Crippen LogP contribution is -2.16. The van der Waals surface area contributed by atoms with Crippen LogP contribution in [-0.4, -0.2) is 29.0 Å². The first kappa shape index (κ1) is 13.7. The van der Waals surface area contributed by atoms with Gasteiger partial charge in [-0.1, -0.05) is 6.92 Å². The Bertz CT molecular complexity index is 385. The van der Waals surface area contributed by atoms with Gasteiger partial charge >= 0.3 is 0 Å². The van der Waals surface area contributed by atoms with Crippen molar-refractivity contribution in [1.82, 2.24) is 9.97 Å². The SMILES string of the molecule is CCCNc1ncnc(NCCC(N)=O)c1Br. The quantitative estimate of drug-likeness (QED) is 0.707. The molecule has 0 atom stereocenters. The predicted molar refractivity (Wildman–Crippen MR) is 70.8 cm³/mol. The number of rotatable bonds is 7. The summed E-state index contributed by atoms with van der Waals surface area (Å²) in [7, 11) is 0. The van der Waals surface area contributed by atoms with Crippen molar-refractivity contribution in [3.05, 3.63) is 10.8 Å². The van der Waals surface area contributed by atoms with Gasteiger partial charge in [0.05, 0.1) is 0 Å². The number of hydrogen-bond donors (Lipinski definition) is 3. The fourth-order valence-corrected chi connectivity index (χ4v) is 1.65. The molecule has 1 amide bonds. The minimum Gasteiger partial charge on any atom is -0.370 e. The van der Waals surface area contributed by atoms with Gasteiger partial charge in [-0.3, -0.25) is 4.79 Å². The van der Waals surface area contributed by atoms with Crippen LogP contribution in [0.1, 0.15) is 19.8 Å². The number of nitrogens with one attached hydrogen (secondary N) is 2. The van der Waals surface area contributed by atoms with E-state index in [9.17, 15) is 4.79 Å². The van der Waals surface area contributed by atoms with Gasteiger partial charge in [-0.25, -0.2) is 9.97 Å². The first-order chi connectivity index (χ1) is 8.15. The van der Waals surface area contributed by atoms with E-state index < -0.39 is 0 Å². The molecule has 0 aliphatic heterocycles. The normalized spacial score (nSPS) is 10.0. The van der Waals surface area contributed by atoms with Crippen LogP contribution in [0.15, 0.2) is 10.8 Å². The number of hydrogen-bond acceptors (Lipinski definition) is 5. The van der Waals surface area contributed by atoms with Crippen LogP contribution in [0.2, 0.25) is 0 Å². The van der Waals surface area contributed by atoms with Crippen LogP contribution >= 0.6 is 15.9 Å². The van der Waals surface area contributed by atoms with E-state index in [1.54, 1.807) is 0 Å². The Balaban J connectivity index is 2.62. The molecule has 7 heteroatoms. The lowest BCUT2D eigenvalue weighted by molar-refractivity contribution is -0.117. The number of primary amides is 1. The van der Waals surface area contributed by atoms with Crippen LogP contribution in [-0.2, 0) is 4.79 Å². The maximum Gasteiger partial charge on any atom is 0.219 e. The third-order valence-corrected chi connectivity index (χ3v) is 2.75. The highest BCUT2D eigenvalue weighted by molar-refractivity contribution is 9.10. The molecule has 0 spiro atoms. The molecule has 0 bridgehead atoms. The van der Waals surface area contributed by atoms with Crippen molar-refractivity contribution in [3.8, 4) is 0 Å². The number of halogens is 1. The van der Waals surface area contributed by atoms with Crippen molar-refractivity contribution in [2.45, 2.75) is 19.8 Å². The van der Waals surface area contributed by atoms with Gasteiger partial charge in [0.25, 0.3) is 0 Å². The highest BCUT2D eigenvalue weighted by atomic mass is 79.9. The van der Waals surface area contributed by atoms with E-state index in [0.717, 1.165) is 23.3 Å². The minimum atomic E-state index is -0.341. The van der Waals surface area contributed by atoms with E-state index in [-0.39, 0.29) is 12.3 Å². The molecule has 0 aliphatic rings. The summed E-state index contributed by atoms with van der Waals surface area (Å²) in [6.07, 6.45) is 2.75. The van der Waals surface area contributed by atoms with Crippen molar-refractivity contribution in [2.24, 2.45) is 5.73 Å². The van der Waals surface area contributed by atoms with Gasteiger partial charge < -0.3 is 16.4 Å². The Kier molecular flexibility index (Phi) is 5.68. The molecule has 94 valence electrons. The molecule has 1 heterocycles. The zero-order chi connectivity index (χ0) is 12.7. The molecule has 0 saturated carbocycles. The topological polar surface area (TPSA) is 92.9 Å². The summed E-state index contributed by atoms with van der Waals surface area (Å²) in [6, 6.07) is 0. The van der Waals surface area contributed by atoms with Gasteiger partial charge in [0.2, 0.25) is 5.91 Å². The summed E-state index contributed by atoms with van der Waals surface area (Å²) in [5, 5.41) is 6.19. The van der Waals surface area contributed by atoms with Crippen LogP contribution in [0.3, 0.4) is 0 Å². The molecule has 0 aromatic carbocycles. The highest BCUT2D eigenvalue weighted by Gasteiger charge is 2.07. The zero-order valence-electron chi connectivity index (χ0n) is 9.66. The predicted octanol–water partition coefficient (Wildman–Crippen LogP) is 1.35. The van der Waals surface area contributed by atoms with E-state index in [1.165, 1.54) is 6.33 Å². The van der Waals surface area contributed by atoms with E-state index >= 15 is 0 Å². The zero-order valence-corrected chi connectivity index (χ0v) is 11.2. The van der Waals surface area contributed by atoms with Gasteiger partial charge in [0.1, 0.15) is 22.4 Å². The second kappa shape index (κ2) is 7.05. The van der Waals surface area contributed by atoms with Crippen LogP contribution in [0.25, 0.3) is 0 Å². The average Bonchev–Trinajstić information content (AvgIpc) is 2.29. The first-order valence-electron chi connectivity index (χ1n) is 5.41. The number of carbonyl (C=O) groups is 1. The molecule has 17 heavy (non-hydrogen) atoms. The van der Waals surface area contributed by atoms with Gasteiger partial charge in [0.15, 0.2) is 0 Å². The highest BCUT2D eigenvalue weighted by Crippen LogP contribution is 2.26. The van der Waals surface area contributed by atoms with Crippen LogP contribution in [0.4, 0.5) is 11.6 Å². The largest absolute Gasteiger partial charge is 0.370 e. The summed E-state index contributed by atoms with van der Waals surface area (Å²) in [4.78, 5) is 18.8. The van der Waals surface area contributed by atoms with E-state index in [1.807, 2.05) is 0 Å². The number of aromatic nitrogens is 2. The van der Waals surface area contributed by atoms with E-state index in [0.29, 0.717) is 12.4 Å². The fraction of sp³-hybridized carbons (Fsp3) is 0.500. The summed E-state index contributed by atoms with van der Waals surface area (Å²) < 4.78 is 0.762. The molecule has 0 fully saturated rings.